The van der Waals surface area contributed by atoms with Crippen molar-refractivity contribution in [3.05, 3.63) is 89.1 Å². The number of likely N-dealkylation sites (tertiary alicyclic amines) is 1. The number of ether oxygens (including phenoxy) is 2. The second-order valence-corrected chi connectivity index (χ2v) is 13.2. The highest BCUT2D eigenvalue weighted by atomic mass is 19.4. The van der Waals surface area contributed by atoms with Crippen LogP contribution in [0.5, 0.6) is 11.5 Å². The van der Waals surface area contributed by atoms with Gasteiger partial charge in [-0.15, -0.1) is 0 Å². The van der Waals surface area contributed by atoms with E-state index >= 15 is 0 Å². The van der Waals surface area contributed by atoms with Gasteiger partial charge in [0.1, 0.15) is 0 Å². The Labute approximate surface area is 270 Å². The number of rotatable bonds is 13. The lowest BCUT2D eigenvalue weighted by molar-refractivity contribution is -0.137. The minimum absolute atomic E-state index is 0.250. The number of pyridine rings is 1. The Hall–Kier alpha value is -3.58. The molecule has 244 valence electrons. The van der Waals surface area contributed by atoms with E-state index in [1.807, 2.05) is 12.1 Å². The second-order valence-electron chi connectivity index (χ2n) is 13.2. The zero-order valence-corrected chi connectivity index (χ0v) is 27.0. The summed E-state index contributed by atoms with van der Waals surface area (Å²) in [6, 6.07) is 21.0. The van der Waals surface area contributed by atoms with Gasteiger partial charge in [-0.25, -0.2) is 0 Å². The summed E-state index contributed by atoms with van der Waals surface area (Å²) in [6.45, 7) is 6.94. The maximum atomic E-state index is 13.0. The summed E-state index contributed by atoms with van der Waals surface area (Å²) in [5.74, 6) is 2.27. The third-order valence-corrected chi connectivity index (χ3v) is 9.68. The molecule has 6 rings (SSSR count). The standard InChI is InChI=1S/C39H45F3N2O2/c1-3-4-5-8-27(2)21-34-11-7-20-44(34)25-31-22-33(10-6-9-28-12-16-32(17-13-28)39(40,41)42)43-36-18-14-29(23-35(31)36)30-15-19-37-38(24-30)46-26-45-37/h12-19,22-24,27,34H,3-11,20-21,25-26H2,1-2H3. The van der Waals surface area contributed by atoms with Crippen LogP contribution in [-0.2, 0) is 25.6 Å². The Bertz CT molecular complexity index is 1620. The topological polar surface area (TPSA) is 34.6 Å². The van der Waals surface area contributed by atoms with Gasteiger partial charge in [-0.3, -0.25) is 9.88 Å². The Morgan fingerprint density at radius 2 is 1.67 bits per heavy atom. The zero-order valence-electron chi connectivity index (χ0n) is 27.0. The van der Waals surface area contributed by atoms with Crippen LogP contribution < -0.4 is 9.47 Å². The minimum Gasteiger partial charge on any atom is -0.454 e. The summed E-state index contributed by atoms with van der Waals surface area (Å²) in [5.41, 5.74) is 5.82. The van der Waals surface area contributed by atoms with Crippen LogP contribution in [0.3, 0.4) is 0 Å². The lowest BCUT2D eigenvalue weighted by Crippen LogP contribution is -2.30. The molecule has 2 atom stereocenters. The average Bonchev–Trinajstić information content (AvgIpc) is 3.70. The maximum absolute atomic E-state index is 13.0. The number of halogens is 3. The summed E-state index contributed by atoms with van der Waals surface area (Å²) < 4.78 is 50.2. The van der Waals surface area contributed by atoms with Gasteiger partial charge in [-0.05, 0) is 116 Å². The monoisotopic (exact) mass is 630 g/mol. The van der Waals surface area contributed by atoms with Crippen molar-refractivity contribution in [2.75, 3.05) is 13.3 Å². The molecule has 0 bridgehead atoms. The molecule has 1 fully saturated rings. The number of nitrogens with zero attached hydrogens (tertiary/aromatic N) is 2. The van der Waals surface area contributed by atoms with E-state index in [1.165, 1.54) is 68.0 Å². The molecular weight excluding hydrogens is 585 g/mol. The third-order valence-electron chi connectivity index (χ3n) is 9.68. The van der Waals surface area contributed by atoms with Crippen molar-refractivity contribution in [3.63, 3.8) is 0 Å². The zero-order chi connectivity index (χ0) is 32.1. The highest BCUT2D eigenvalue weighted by Gasteiger charge is 2.30. The van der Waals surface area contributed by atoms with E-state index in [1.54, 1.807) is 12.1 Å². The summed E-state index contributed by atoms with van der Waals surface area (Å²) in [4.78, 5) is 7.76. The average molecular weight is 631 g/mol. The van der Waals surface area contributed by atoms with Gasteiger partial charge in [0.25, 0.3) is 0 Å². The number of aromatic nitrogens is 1. The van der Waals surface area contributed by atoms with Gasteiger partial charge in [0.2, 0.25) is 6.79 Å². The molecule has 4 nitrogen and oxygen atoms in total. The molecule has 4 aromatic rings. The number of fused-ring (bicyclic) bond motifs is 2. The first-order valence-corrected chi connectivity index (χ1v) is 17.0. The van der Waals surface area contributed by atoms with Crippen LogP contribution >= 0.6 is 0 Å². The van der Waals surface area contributed by atoms with E-state index in [4.69, 9.17) is 14.5 Å². The third kappa shape index (κ3) is 7.86. The SMILES string of the molecule is CCCCCC(C)CC1CCCN1Cc1cc(CCCc2ccc(C(F)(F)F)cc2)nc2ccc(-c3ccc4c(c3)OCO4)cc12. The smallest absolute Gasteiger partial charge is 0.416 e. The Balaban J connectivity index is 1.23. The number of hydrogen-bond donors (Lipinski definition) is 0. The Morgan fingerprint density at radius 3 is 2.48 bits per heavy atom. The number of aryl methyl sites for hydroxylation is 2. The highest BCUT2D eigenvalue weighted by Crippen LogP contribution is 2.37. The van der Waals surface area contributed by atoms with E-state index in [9.17, 15) is 13.2 Å². The van der Waals surface area contributed by atoms with Gasteiger partial charge in [0.15, 0.2) is 11.5 Å². The first-order chi connectivity index (χ1) is 22.3. The van der Waals surface area contributed by atoms with Crippen molar-refractivity contribution >= 4 is 10.9 Å². The fraction of sp³-hybridized carbons (Fsp3) is 0.462. The fourth-order valence-corrected chi connectivity index (χ4v) is 7.12. The van der Waals surface area contributed by atoms with Gasteiger partial charge in [-0.2, -0.15) is 13.2 Å². The molecular formula is C39H45F3N2O2. The number of hydrogen-bond acceptors (Lipinski definition) is 4. The summed E-state index contributed by atoms with van der Waals surface area (Å²) in [5, 5.41) is 1.17. The van der Waals surface area contributed by atoms with E-state index in [2.05, 4.69) is 49.1 Å². The van der Waals surface area contributed by atoms with Crippen LogP contribution in [0.4, 0.5) is 13.2 Å². The van der Waals surface area contributed by atoms with Crippen molar-refractivity contribution in [1.29, 1.82) is 0 Å². The first kappa shape index (κ1) is 32.4. The van der Waals surface area contributed by atoms with Crippen molar-refractivity contribution < 1.29 is 22.6 Å². The molecule has 2 aliphatic rings. The van der Waals surface area contributed by atoms with Crippen molar-refractivity contribution in [2.24, 2.45) is 5.92 Å². The molecule has 2 unspecified atom stereocenters. The summed E-state index contributed by atoms with van der Waals surface area (Å²) in [6.07, 6.45) is 6.92. The normalized spacial score (nSPS) is 17.2. The summed E-state index contributed by atoms with van der Waals surface area (Å²) in [7, 11) is 0. The molecule has 3 aromatic carbocycles. The summed E-state index contributed by atoms with van der Waals surface area (Å²) >= 11 is 0. The number of alkyl halides is 3. The molecule has 0 N–H and O–H groups in total. The first-order valence-electron chi connectivity index (χ1n) is 17.0. The van der Waals surface area contributed by atoms with Crippen LogP contribution in [-0.4, -0.2) is 29.3 Å². The molecule has 1 saturated heterocycles. The van der Waals surface area contributed by atoms with E-state index < -0.39 is 11.7 Å². The number of unbranched alkanes of at least 4 members (excludes halogenated alkanes) is 2. The van der Waals surface area contributed by atoms with Crippen molar-refractivity contribution in [3.8, 4) is 22.6 Å². The van der Waals surface area contributed by atoms with E-state index in [-0.39, 0.29) is 6.79 Å². The Morgan fingerprint density at radius 1 is 0.891 bits per heavy atom. The van der Waals surface area contributed by atoms with Crippen molar-refractivity contribution in [2.45, 2.75) is 96.8 Å². The molecule has 46 heavy (non-hydrogen) atoms. The maximum Gasteiger partial charge on any atom is 0.416 e. The predicted molar refractivity (Wildman–Crippen MR) is 178 cm³/mol. The van der Waals surface area contributed by atoms with E-state index in [0.717, 1.165) is 71.2 Å². The molecule has 2 aliphatic heterocycles. The molecule has 0 radical (unpaired) electrons. The molecule has 0 saturated carbocycles. The lowest BCUT2D eigenvalue weighted by Gasteiger charge is -2.28. The fourth-order valence-electron chi connectivity index (χ4n) is 7.12. The lowest BCUT2D eigenvalue weighted by atomic mass is 9.94. The molecule has 0 amide bonds. The molecule has 0 spiro atoms. The number of benzene rings is 3. The van der Waals surface area contributed by atoms with Crippen molar-refractivity contribution in [1.82, 2.24) is 9.88 Å². The molecule has 1 aromatic heterocycles. The minimum atomic E-state index is -4.31. The van der Waals surface area contributed by atoms with Gasteiger partial charge in [0, 0.05) is 23.7 Å². The highest BCUT2D eigenvalue weighted by molar-refractivity contribution is 5.87. The van der Waals surface area contributed by atoms with Crippen LogP contribution in [0.25, 0.3) is 22.0 Å². The van der Waals surface area contributed by atoms with Gasteiger partial charge >= 0.3 is 6.18 Å². The van der Waals surface area contributed by atoms with Gasteiger partial charge in [-0.1, -0.05) is 63.8 Å². The molecule has 0 aliphatic carbocycles. The van der Waals surface area contributed by atoms with Gasteiger partial charge in [0.05, 0.1) is 11.1 Å². The second kappa shape index (κ2) is 14.5. The van der Waals surface area contributed by atoms with Crippen LogP contribution in [0.15, 0.2) is 66.7 Å². The largest absolute Gasteiger partial charge is 0.454 e. The quantitative estimate of drug-likeness (QED) is 0.138. The van der Waals surface area contributed by atoms with Gasteiger partial charge < -0.3 is 9.47 Å². The molecule has 7 heteroatoms. The molecule has 3 heterocycles. The van der Waals surface area contributed by atoms with Crippen LogP contribution in [0.2, 0.25) is 0 Å². The van der Waals surface area contributed by atoms with E-state index in [0.29, 0.717) is 12.5 Å². The van der Waals surface area contributed by atoms with Crippen LogP contribution in [0.1, 0.15) is 87.6 Å². The van der Waals surface area contributed by atoms with Crippen LogP contribution in [0, 0.1) is 5.92 Å². The Kier molecular flexibility index (Phi) is 10.2. The predicted octanol–water partition coefficient (Wildman–Crippen LogP) is 10.4.